The van der Waals surface area contributed by atoms with Crippen molar-refractivity contribution in [1.82, 2.24) is 13.7 Å². The number of pyridine rings is 1. The Hall–Kier alpha value is -4.09. The van der Waals surface area contributed by atoms with E-state index in [2.05, 4.69) is 27.9 Å². The first-order chi connectivity index (χ1) is 20.2. The third-order valence-electron chi connectivity index (χ3n) is 7.40. The van der Waals surface area contributed by atoms with Gasteiger partial charge in [-0.15, -0.1) is 0 Å². The monoisotopic (exact) mass is 599 g/mol. The van der Waals surface area contributed by atoms with E-state index in [0.717, 1.165) is 28.7 Å². The number of sulfonamides is 1. The fourth-order valence-electron chi connectivity index (χ4n) is 5.29. The molecule has 2 heterocycles. The molecule has 8 nitrogen and oxygen atoms in total. The predicted molar refractivity (Wildman–Crippen MR) is 164 cm³/mol. The highest BCUT2D eigenvalue weighted by molar-refractivity contribution is 7.90. The van der Waals surface area contributed by atoms with Gasteiger partial charge in [-0.1, -0.05) is 60.2 Å². The number of aliphatic hydroxyl groups is 1. The molecule has 0 radical (unpaired) electrons. The minimum Gasteiger partial charge on any atom is -0.396 e. The summed E-state index contributed by atoms with van der Waals surface area (Å²) in [5.74, 6) is 0. The molecule has 1 aliphatic rings. The molecule has 214 valence electrons. The molecule has 0 spiro atoms. The molecule has 0 atom stereocenters. The van der Waals surface area contributed by atoms with Gasteiger partial charge in [-0.05, 0) is 78.4 Å². The number of nitrogens with zero attached hydrogens (tertiary/aromatic N) is 2. The number of nitrogens with one attached hydrogen (secondary N) is 1. The number of benzene rings is 3. The lowest BCUT2D eigenvalue weighted by atomic mass is 9.96. The molecule has 1 aliphatic carbocycles. The van der Waals surface area contributed by atoms with Crippen molar-refractivity contribution >= 4 is 37.2 Å². The van der Waals surface area contributed by atoms with Gasteiger partial charge in [0.05, 0.1) is 15.5 Å². The molecule has 6 rings (SSSR count). The van der Waals surface area contributed by atoms with E-state index >= 15 is 0 Å². The van der Waals surface area contributed by atoms with Crippen LogP contribution in [-0.4, -0.2) is 44.1 Å². The summed E-state index contributed by atoms with van der Waals surface area (Å²) in [6.45, 7) is 1.82. The topological polar surface area (TPSA) is 118 Å². The maximum absolute atomic E-state index is 14.3. The van der Waals surface area contributed by atoms with Crippen LogP contribution < -0.4 is 4.72 Å². The van der Waals surface area contributed by atoms with Gasteiger partial charge in [0.2, 0.25) is 10.0 Å². The van der Waals surface area contributed by atoms with Crippen molar-refractivity contribution in [1.29, 1.82) is 0 Å². The second kappa shape index (κ2) is 11.0. The van der Waals surface area contributed by atoms with Crippen molar-refractivity contribution in [3.8, 4) is 22.4 Å². The van der Waals surface area contributed by atoms with Crippen molar-refractivity contribution in [3.63, 3.8) is 0 Å². The van der Waals surface area contributed by atoms with Crippen LogP contribution in [0.1, 0.15) is 23.1 Å². The van der Waals surface area contributed by atoms with Crippen LogP contribution in [0.3, 0.4) is 0 Å². The average Bonchev–Trinajstić information content (AvgIpc) is 3.63. The summed E-state index contributed by atoms with van der Waals surface area (Å²) >= 11 is 0. The van der Waals surface area contributed by atoms with Crippen LogP contribution >= 0.6 is 0 Å². The van der Waals surface area contributed by atoms with Crippen molar-refractivity contribution in [3.05, 3.63) is 108 Å². The molecule has 0 amide bonds. The van der Waals surface area contributed by atoms with Crippen LogP contribution in [0.4, 0.5) is 0 Å². The van der Waals surface area contributed by atoms with Gasteiger partial charge in [-0.2, -0.15) is 0 Å². The molecule has 0 fully saturated rings. The maximum Gasteiger partial charge on any atom is 0.269 e. The SMILES string of the molecule is Cc1ccc(S(=O)(=O)n2c(-c3cccc(S(=O)(=O)NCCCO)c3)cc3c(-c4cccc5c4C=CC5)ccnc32)cc1. The van der Waals surface area contributed by atoms with E-state index in [-0.39, 0.29) is 35.0 Å². The van der Waals surface area contributed by atoms with Crippen molar-refractivity contribution in [2.24, 2.45) is 0 Å². The van der Waals surface area contributed by atoms with E-state index in [1.165, 1.54) is 21.7 Å². The Bertz CT molecular complexity index is 2060. The van der Waals surface area contributed by atoms with E-state index in [1.807, 2.05) is 25.1 Å². The van der Waals surface area contributed by atoms with E-state index in [4.69, 9.17) is 5.11 Å². The first kappa shape index (κ1) is 28.0. The van der Waals surface area contributed by atoms with Gasteiger partial charge in [0.25, 0.3) is 10.0 Å². The third-order valence-corrected chi connectivity index (χ3v) is 10.6. The van der Waals surface area contributed by atoms with Gasteiger partial charge < -0.3 is 5.11 Å². The summed E-state index contributed by atoms with van der Waals surface area (Å²) in [4.78, 5) is 4.63. The van der Waals surface area contributed by atoms with Crippen LogP contribution in [0, 0.1) is 6.92 Å². The highest BCUT2D eigenvalue weighted by Crippen LogP contribution is 2.39. The maximum atomic E-state index is 14.3. The molecule has 2 aromatic heterocycles. The zero-order chi connectivity index (χ0) is 29.5. The van der Waals surface area contributed by atoms with E-state index in [9.17, 15) is 16.8 Å². The fourth-order valence-corrected chi connectivity index (χ4v) is 7.89. The molecular weight excluding hydrogens is 571 g/mol. The van der Waals surface area contributed by atoms with Gasteiger partial charge in [-0.25, -0.2) is 30.5 Å². The number of rotatable bonds is 9. The molecule has 0 saturated carbocycles. The Kier molecular flexibility index (Phi) is 7.32. The van der Waals surface area contributed by atoms with E-state index in [1.54, 1.807) is 48.7 Å². The summed E-state index contributed by atoms with van der Waals surface area (Å²) in [6.07, 6.45) is 6.89. The smallest absolute Gasteiger partial charge is 0.269 e. The average molecular weight is 600 g/mol. The highest BCUT2D eigenvalue weighted by Gasteiger charge is 2.27. The van der Waals surface area contributed by atoms with E-state index < -0.39 is 20.0 Å². The fraction of sp³-hybridized carbons (Fsp3) is 0.156. The lowest BCUT2D eigenvalue weighted by Gasteiger charge is -2.13. The first-order valence-electron chi connectivity index (χ1n) is 13.5. The molecule has 10 heteroatoms. The van der Waals surface area contributed by atoms with E-state index in [0.29, 0.717) is 16.6 Å². The Labute approximate surface area is 245 Å². The summed E-state index contributed by atoms with van der Waals surface area (Å²) < 4.78 is 58.2. The second-order valence-corrected chi connectivity index (χ2v) is 13.7. The molecule has 0 aliphatic heterocycles. The number of hydrogen-bond donors (Lipinski definition) is 2. The number of hydrogen-bond acceptors (Lipinski definition) is 6. The zero-order valence-corrected chi connectivity index (χ0v) is 24.5. The van der Waals surface area contributed by atoms with Gasteiger partial charge in [0.1, 0.15) is 0 Å². The largest absolute Gasteiger partial charge is 0.396 e. The molecule has 0 bridgehead atoms. The third kappa shape index (κ3) is 4.96. The molecule has 3 aromatic carbocycles. The van der Waals surface area contributed by atoms with Crippen LogP contribution in [0.25, 0.3) is 39.5 Å². The highest BCUT2D eigenvalue weighted by atomic mass is 32.2. The van der Waals surface area contributed by atoms with Crippen molar-refractivity contribution in [2.45, 2.75) is 29.6 Å². The zero-order valence-electron chi connectivity index (χ0n) is 22.9. The minimum absolute atomic E-state index is 0.0123. The van der Waals surface area contributed by atoms with Crippen LogP contribution in [0.5, 0.6) is 0 Å². The van der Waals surface area contributed by atoms with Gasteiger partial charge in [0, 0.05) is 30.3 Å². The quantitative estimate of drug-likeness (QED) is 0.227. The Morgan fingerprint density at radius 3 is 2.48 bits per heavy atom. The summed E-state index contributed by atoms with van der Waals surface area (Å²) in [7, 11) is -8.05. The number of aliphatic hydroxyl groups excluding tert-OH is 1. The van der Waals surface area contributed by atoms with Crippen molar-refractivity contribution in [2.75, 3.05) is 13.2 Å². The minimum atomic E-state index is -4.15. The Morgan fingerprint density at radius 2 is 1.69 bits per heavy atom. The van der Waals surface area contributed by atoms with Crippen LogP contribution in [-0.2, 0) is 26.5 Å². The second-order valence-electron chi connectivity index (χ2n) is 10.2. The lowest BCUT2D eigenvalue weighted by Crippen LogP contribution is -2.25. The van der Waals surface area contributed by atoms with Gasteiger partial charge in [-0.3, -0.25) is 0 Å². The molecule has 0 unspecified atom stereocenters. The number of fused-ring (bicyclic) bond motifs is 2. The summed E-state index contributed by atoms with van der Waals surface area (Å²) in [5.41, 5.74) is 5.94. The van der Waals surface area contributed by atoms with Crippen LogP contribution in [0.15, 0.2) is 101 Å². The predicted octanol–water partition coefficient (Wildman–Crippen LogP) is 5.15. The Balaban J connectivity index is 1.61. The molecule has 0 saturated heterocycles. The van der Waals surface area contributed by atoms with Crippen LogP contribution in [0.2, 0.25) is 0 Å². The molecule has 42 heavy (non-hydrogen) atoms. The van der Waals surface area contributed by atoms with Gasteiger partial charge >= 0.3 is 0 Å². The molecule has 5 aromatic rings. The lowest BCUT2D eigenvalue weighted by molar-refractivity contribution is 0.289. The number of aromatic nitrogens is 2. The number of aryl methyl sites for hydroxylation is 1. The first-order valence-corrected chi connectivity index (χ1v) is 16.5. The standard InChI is InChI=1S/C32H29N3O5S2/c1-22-12-14-25(15-13-22)42(39,40)35-31(24-8-2-9-26(20-24)41(37,38)34-17-5-19-36)21-30-29(16-18-33-32(30)35)28-11-4-7-23-6-3-10-27(23)28/h2-4,7-16,18,20-21,34,36H,5-6,17,19H2,1H3. The Morgan fingerprint density at radius 1 is 0.905 bits per heavy atom. The summed E-state index contributed by atoms with van der Waals surface area (Å²) in [5, 5.41) is 9.69. The number of allylic oxidation sites excluding steroid dienone is 1. The molecular formula is C32H29N3O5S2. The van der Waals surface area contributed by atoms with Crippen molar-refractivity contribution < 1.29 is 21.9 Å². The van der Waals surface area contributed by atoms with Gasteiger partial charge in [0.15, 0.2) is 5.65 Å². The molecule has 2 N–H and O–H groups in total. The summed E-state index contributed by atoms with van der Waals surface area (Å²) in [6, 6.07) is 22.5. The normalized spacial score (nSPS) is 13.1.